The third kappa shape index (κ3) is 5.56. The number of halogens is 3. The summed E-state index contributed by atoms with van der Waals surface area (Å²) >= 11 is 0. The molecule has 12 heteroatoms. The molecule has 0 spiro atoms. The summed E-state index contributed by atoms with van der Waals surface area (Å²) in [6.45, 7) is 4.08. The SMILES string of the molecule is Cc1cc(NC2CCNC2)ccc1-c1cc2c(Oc3ccc4oc(Nc5ccc(C(F)(F)F)cc5)nc4c3)ncnc2[nH]1. The minimum absolute atomic E-state index is 0.142. The van der Waals surface area contributed by atoms with Gasteiger partial charge in [-0.3, -0.25) is 0 Å². The van der Waals surface area contributed by atoms with Crippen molar-refractivity contribution in [2.75, 3.05) is 23.7 Å². The number of oxazole rings is 1. The Hall–Kier alpha value is -5.10. The number of alkyl halides is 3. The fraction of sp³-hybridized carbons (Fsp3) is 0.194. The predicted molar refractivity (Wildman–Crippen MR) is 158 cm³/mol. The zero-order valence-corrected chi connectivity index (χ0v) is 22.9. The molecule has 1 atom stereocenters. The van der Waals surface area contributed by atoms with Crippen molar-refractivity contribution >= 4 is 39.5 Å². The highest BCUT2D eigenvalue weighted by Gasteiger charge is 2.30. The Bertz CT molecular complexity index is 1930. The van der Waals surface area contributed by atoms with Crippen LogP contribution in [0.15, 0.2) is 77.5 Å². The Balaban J connectivity index is 1.10. The van der Waals surface area contributed by atoms with E-state index in [4.69, 9.17) is 9.15 Å². The van der Waals surface area contributed by atoms with Gasteiger partial charge in [-0.05, 0) is 80.1 Å². The topological polar surface area (TPSA) is 113 Å². The Morgan fingerprint density at radius 1 is 0.977 bits per heavy atom. The van der Waals surface area contributed by atoms with Crippen LogP contribution in [0, 0.1) is 6.92 Å². The van der Waals surface area contributed by atoms with Crippen molar-refractivity contribution < 1.29 is 22.3 Å². The highest BCUT2D eigenvalue weighted by molar-refractivity contribution is 5.88. The van der Waals surface area contributed by atoms with Crippen LogP contribution in [0.4, 0.5) is 30.6 Å². The molecule has 9 nitrogen and oxygen atoms in total. The van der Waals surface area contributed by atoms with Gasteiger partial charge in [-0.1, -0.05) is 6.07 Å². The van der Waals surface area contributed by atoms with E-state index >= 15 is 0 Å². The number of ether oxygens (including phenoxy) is 1. The average molecular weight is 586 g/mol. The van der Waals surface area contributed by atoms with E-state index in [2.05, 4.69) is 61.0 Å². The third-order valence-electron chi connectivity index (χ3n) is 7.37. The molecule has 3 aromatic carbocycles. The Labute approximate surface area is 243 Å². The number of H-pyrrole nitrogens is 1. The number of hydrogen-bond acceptors (Lipinski definition) is 8. The smallest absolute Gasteiger partial charge is 0.416 e. The van der Waals surface area contributed by atoms with Crippen LogP contribution in [-0.4, -0.2) is 39.1 Å². The van der Waals surface area contributed by atoms with Gasteiger partial charge in [0.05, 0.1) is 10.9 Å². The van der Waals surface area contributed by atoms with Crippen molar-refractivity contribution in [3.8, 4) is 22.9 Å². The summed E-state index contributed by atoms with van der Waals surface area (Å²) in [4.78, 5) is 16.5. The Morgan fingerprint density at radius 3 is 2.58 bits per heavy atom. The van der Waals surface area contributed by atoms with Gasteiger partial charge in [0, 0.05) is 41.3 Å². The highest BCUT2D eigenvalue weighted by atomic mass is 19.4. The van der Waals surface area contributed by atoms with Gasteiger partial charge in [-0.15, -0.1) is 0 Å². The summed E-state index contributed by atoms with van der Waals surface area (Å²) in [5, 5.41) is 10.6. The maximum absolute atomic E-state index is 12.9. The molecule has 0 saturated carbocycles. The molecule has 0 amide bonds. The van der Waals surface area contributed by atoms with Crippen LogP contribution in [-0.2, 0) is 6.18 Å². The molecule has 1 fully saturated rings. The van der Waals surface area contributed by atoms with E-state index < -0.39 is 11.7 Å². The van der Waals surface area contributed by atoms with E-state index in [0.717, 1.165) is 59.5 Å². The number of fused-ring (bicyclic) bond motifs is 2. The van der Waals surface area contributed by atoms with Gasteiger partial charge in [0.2, 0.25) is 5.88 Å². The summed E-state index contributed by atoms with van der Waals surface area (Å²) in [6.07, 6.45) is -1.86. The first-order valence-electron chi connectivity index (χ1n) is 13.7. The minimum Gasteiger partial charge on any atom is -0.438 e. The summed E-state index contributed by atoms with van der Waals surface area (Å²) < 4.78 is 50.4. The quantitative estimate of drug-likeness (QED) is 0.153. The van der Waals surface area contributed by atoms with Crippen LogP contribution in [0.2, 0.25) is 0 Å². The maximum atomic E-state index is 12.9. The van der Waals surface area contributed by atoms with Crippen LogP contribution in [0.5, 0.6) is 11.6 Å². The van der Waals surface area contributed by atoms with Crippen molar-refractivity contribution in [1.82, 2.24) is 25.3 Å². The number of nitrogens with one attached hydrogen (secondary N) is 4. The van der Waals surface area contributed by atoms with Crippen molar-refractivity contribution in [3.63, 3.8) is 0 Å². The Kier molecular flexibility index (Phi) is 6.62. The number of nitrogens with zero attached hydrogens (tertiary/aromatic N) is 3. The standard InChI is InChI=1S/C31H26F3N7O2/c1-17-12-20(38-21-10-11-35-15-21)6-8-23(17)25-14-24-28(40-25)36-16-37-29(24)42-22-7-9-27-26(13-22)41-30(43-27)39-19-4-2-18(3-5-19)31(32,33)34/h2-9,12-14,16,21,35,38H,10-11,15H2,1H3,(H,39,41)(H,36,37,40). The van der Waals surface area contributed by atoms with E-state index in [1.54, 1.807) is 18.2 Å². The predicted octanol–water partition coefficient (Wildman–Crippen LogP) is 7.40. The highest BCUT2D eigenvalue weighted by Crippen LogP contribution is 2.35. The third-order valence-corrected chi connectivity index (χ3v) is 7.37. The van der Waals surface area contributed by atoms with Crippen molar-refractivity contribution in [2.45, 2.75) is 25.6 Å². The fourth-order valence-corrected chi connectivity index (χ4v) is 5.21. The van der Waals surface area contributed by atoms with Gasteiger partial charge in [-0.2, -0.15) is 18.2 Å². The van der Waals surface area contributed by atoms with Crippen LogP contribution in [0.3, 0.4) is 0 Å². The van der Waals surface area contributed by atoms with Crippen molar-refractivity contribution in [2.24, 2.45) is 0 Å². The maximum Gasteiger partial charge on any atom is 0.416 e. The van der Waals surface area contributed by atoms with Gasteiger partial charge < -0.3 is 30.1 Å². The second-order valence-corrected chi connectivity index (χ2v) is 10.4. The first-order chi connectivity index (χ1) is 20.8. The molecule has 4 heterocycles. The van der Waals surface area contributed by atoms with Crippen LogP contribution in [0.25, 0.3) is 33.4 Å². The molecular weight excluding hydrogens is 559 g/mol. The molecule has 1 aliphatic heterocycles. The van der Waals surface area contributed by atoms with Crippen molar-refractivity contribution in [1.29, 1.82) is 0 Å². The Morgan fingerprint density at radius 2 is 1.81 bits per heavy atom. The summed E-state index contributed by atoms with van der Waals surface area (Å²) in [5.74, 6) is 0.862. The number of aromatic amines is 1. The van der Waals surface area contributed by atoms with E-state index in [1.165, 1.54) is 18.5 Å². The zero-order chi connectivity index (χ0) is 29.6. The molecule has 7 rings (SSSR count). The lowest BCUT2D eigenvalue weighted by Crippen LogP contribution is -2.22. The molecule has 1 saturated heterocycles. The number of benzene rings is 3. The first-order valence-corrected chi connectivity index (χ1v) is 13.7. The summed E-state index contributed by atoms with van der Waals surface area (Å²) in [5.41, 5.74) is 5.48. The summed E-state index contributed by atoms with van der Waals surface area (Å²) in [6, 6.07) is 18.6. The van der Waals surface area contributed by atoms with E-state index in [1.807, 2.05) is 6.07 Å². The van der Waals surface area contributed by atoms with Gasteiger partial charge in [0.1, 0.15) is 23.2 Å². The molecule has 0 aliphatic carbocycles. The minimum atomic E-state index is -4.40. The number of hydrogen-bond donors (Lipinski definition) is 4. The molecule has 43 heavy (non-hydrogen) atoms. The van der Waals surface area contributed by atoms with Crippen LogP contribution < -0.4 is 20.7 Å². The van der Waals surface area contributed by atoms with Gasteiger partial charge in [0.15, 0.2) is 5.58 Å². The number of rotatable bonds is 7. The normalized spacial score (nSPS) is 15.3. The van der Waals surface area contributed by atoms with Crippen LogP contribution in [0.1, 0.15) is 17.5 Å². The second-order valence-electron chi connectivity index (χ2n) is 10.4. The molecule has 218 valence electrons. The molecular formula is C31H26F3N7O2. The lowest BCUT2D eigenvalue weighted by molar-refractivity contribution is -0.137. The van der Waals surface area contributed by atoms with E-state index in [-0.39, 0.29) is 6.01 Å². The molecule has 1 aliphatic rings. The largest absolute Gasteiger partial charge is 0.438 e. The van der Waals surface area contributed by atoms with Gasteiger partial charge >= 0.3 is 6.18 Å². The molecule has 6 aromatic rings. The number of anilines is 3. The lowest BCUT2D eigenvalue weighted by Gasteiger charge is -2.14. The van der Waals surface area contributed by atoms with Gasteiger partial charge in [0.25, 0.3) is 6.01 Å². The second kappa shape index (κ2) is 10.6. The average Bonchev–Trinajstić information content (AvgIpc) is 3.73. The van der Waals surface area contributed by atoms with E-state index in [9.17, 15) is 13.2 Å². The monoisotopic (exact) mass is 585 g/mol. The van der Waals surface area contributed by atoms with Crippen LogP contribution >= 0.6 is 0 Å². The number of aryl methyl sites for hydroxylation is 1. The molecule has 3 aromatic heterocycles. The summed E-state index contributed by atoms with van der Waals surface area (Å²) in [7, 11) is 0. The van der Waals surface area contributed by atoms with Crippen molar-refractivity contribution in [3.05, 3.63) is 84.2 Å². The molecule has 4 N–H and O–H groups in total. The molecule has 0 radical (unpaired) electrons. The first kappa shape index (κ1) is 26.8. The fourth-order valence-electron chi connectivity index (χ4n) is 5.21. The molecule has 1 unspecified atom stereocenters. The van der Waals surface area contributed by atoms with E-state index in [0.29, 0.717) is 40.1 Å². The van der Waals surface area contributed by atoms with Gasteiger partial charge in [-0.25, -0.2) is 9.97 Å². The lowest BCUT2D eigenvalue weighted by atomic mass is 10.0. The number of aromatic nitrogens is 4. The molecule has 0 bridgehead atoms. The zero-order valence-electron chi connectivity index (χ0n) is 22.9.